The van der Waals surface area contributed by atoms with Crippen LogP contribution in [0.4, 0.5) is 0 Å². The lowest BCUT2D eigenvalue weighted by atomic mass is 10.1. The first-order valence-corrected chi connectivity index (χ1v) is 7.51. The van der Waals surface area contributed by atoms with Gasteiger partial charge in [-0.05, 0) is 25.5 Å². The Morgan fingerprint density at radius 3 is 2.30 bits per heavy atom. The molecule has 1 heterocycles. The number of rotatable bonds is 9. The highest BCUT2D eigenvalue weighted by Gasteiger charge is 2.11. The van der Waals surface area contributed by atoms with Gasteiger partial charge in [0.05, 0.1) is 0 Å². The molecule has 0 unspecified atom stereocenters. The van der Waals surface area contributed by atoms with Gasteiger partial charge in [-0.1, -0.05) is 45.4 Å². The number of aromatic nitrogens is 1. The van der Waals surface area contributed by atoms with Crippen LogP contribution in [0.1, 0.15) is 67.9 Å². The fourth-order valence-electron chi connectivity index (χ4n) is 2.34. The number of nitrogens with zero attached hydrogens (tertiary/aromatic N) is 1. The van der Waals surface area contributed by atoms with Gasteiger partial charge in [0.2, 0.25) is 0 Å². The Balaban J connectivity index is 2.50. The van der Waals surface area contributed by atoms with Crippen molar-refractivity contribution in [3.8, 4) is 0 Å². The minimum absolute atomic E-state index is 0.140. The zero-order chi connectivity index (χ0) is 15.0. The van der Waals surface area contributed by atoms with Crippen LogP contribution in [-0.2, 0) is 6.54 Å². The molecule has 0 aromatic carbocycles. The summed E-state index contributed by atoms with van der Waals surface area (Å²) in [4.78, 5) is 23.0. The fraction of sp³-hybridized carbons (Fsp3) is 0.625. The summed E-state index contributed by atoms with van der Waals surface area (Å²) < 4.78 is 1.58. The molecule has 1 N–H and O–H groups in total. The van der Waals surface area contributed by atoms with Gasteiger partial charge >= 0.3 is 5.97 Å². The Labute approximate surface area is 120 Å². The van der Waals surface area contributed by atoms with Crippen LogP contribution in [0.25, 0.3) is 0 Å². The first-order chi connectivity index (χ1) is 9.57. The lowest BCUT2D eigenvalue weighted by Gasteiger charge is -2.10. The summed E-state index contributed by atoms with van der Waals surface area (Å²) in [6.45, 7) is 4.65. The van der Waals surface area contributed by atoms with Crippen LogP contribution in [-0.4, -0.2) is 15.6 Å². The lowest BCUT2D eigenvalue weighted by Crippen LogP contribution is -2.27. The molecule has 1 aromatic heterocycles. The lowest BCUT2D eigenvalue weighted by molar-refractivity contribution is 0.0694. The molecule has 0 aliphatic heterocycles. The van der Waals surface area contributed by atoms with E-state index in [0.717, 1.165) is 18.5 Å². The van der Waals surface area contributed by atoms with E-state index in [4.69, 9.17) is 5.11 Å². The summed E-state index contributed by atoms with van der Waals surface area (Å²) in [6, 6.07) is 3.09. The number of carboxylic acids is 1. The first kappa shape index (κ1) is 16.5. The SMILES string of the molecule is CCCCCCCCCn1c(C)ccc(C(=O)O)c1=O. The van der Waals surface area contributed by atoms with Crippen molar-refractivity contribution in [1.82, 2.24) is 4.57 Å². The number of carboxylic acid groups (broad SMARTS) is 1. The molecule has 0 saturated carbocycles. The number of pyridine rings is 1. The fourth-order valence-corrected chi connectivity index (χ4v) is 2.34. The number of hydrogen-bond acceptors (Lipinski definition) is 2. The summed E-state index contributed by atoms with van der Waals surface area (Å²) in [7, 11) is 0. The zero-order valence-corrected chi connectivity index (χ0v) is 12.5. The van der Waals surface area contributed by atoms with Gasteiger partial charge in [-0.25, -0.2) is 4.79 Å². The molecule has 0 aliphatic carbocycles. The summed E-state index contributed by atoms with van der Waals surface area (Å²) in [6.07, 6.45) is 8.27. The van der Waals surface area contributed by atoms with Crippen molar-refractivity contribution in [1.29, 1.82) is 0 Å². The topological polar surface area (TPSA) is 59.3 Å². The maximum atomic E-state index is 12.0. The van der Waals surface area contributed by atoms with Gasteiger partial charge in [0.25, 0.3) is 5.56 Å². The third-order valence-corrected chi connectivity index (χ3v) is 3.61. The number of unbranched alkanes of at least 4 members (excludes halogenated alkanes) is 6. The molecule has 0 atom stereocenters. The predicted molar refractivity (Wildman–Crippen MR) is 80.4 cm³/mol. The molecule has 0 saturated heterocycles. The van der Waals surface area contributed by atoms with E-state index in [2.05, 4.69) is 6.92 Å². The second-order valence-corrected chi connectivity index (χ2v) is 5.27. The van der Waals surface area contributed by atoms with Crippen LogP contribution in [0.2, 0.25) is 0 Å². The smallest absolute Gasteiger partial charge is 0.341 e. The van der Waals surface area contributed by atoms with Crippen molar-refractivity contribution < 1.29 is 9.90 Å². The molecule has 20 heavy (non-hydrogen) atoms. The third kappa shape index (κ3) is 4.83. The molecule has 0 aliphatic rings. The maximum Gasteiger partial charge on any atom is 0.341 e. The largest absolute Gasteiger partial charge is 0.477 e. The van der Waals surface area contributed by atoms with Crippen LogP contribution >= 0.6 is 0 Å². The van der Waals surface area contributed by atoms with Crippen molar-refractivity contribution >= 4 is 5.97 Å². The molecular formula is C16H25NO3. The second-order valence-electron chi connectivity index (χ2n) is 5.27. The summed E-state index contributed by atoms with van der Waals surface area (Å²) in [5.74, 6) is -1.15. The van der Waals surface area contributed by atoms with Gasteiger partial charge in [-0.3, -0.25) is 4.79 Å². The highest BCUT2D eigenvalue weighted by Crippen LogP contribution is 2.08. The highest BCUT2D eigenvalue weighted by atomic mass is 16.4. The molecular weight excluding hydrogens is 254 g/mol. The second kappa shape index (κ2) is 8.56. The van der Waals surface area contributed by atoms with Crippen molar-refractivity contribution in [2.75, 3.05) is 0 Å². The van der Waals surface area contributed by atoms with E-state index >= 15 is 0 Å². The molecule has 4 heteroatoms. The van der Waals surface area contributed by atoms with Crippen LogP contribution < -0.4 is 5.56 Å². The number of aromatic carboxylic acids is 1. The number of aryl methyl sites for hydroxylation is 1. The number of carbonyl (C=O) groups is 1. The van der Waals surface area contributed by atoms with Crippen molar-refractivity contribution in [3.63, 3.8) is 0 Å². The predicted octanol–water partition coefficient (Wildman–Crippen LogP) is 3.61. The minimum atomic E-state index is -1.15. The Hall–Kier alpha value is -1.58. The molecule has 112 valence electrons. The van der Waals surface area contributed by atoms with E-state index in [9.17, 15) is 9.59 Å². The average molecular weight is 279 g/mol. The maximum absolute atomic E-state index is 12.0. The van der Waals surface area contributed by atoms with Crippen molar-refractivity contribution in [2.45, 2.75) is 65.3 Å². The van der Waals surface area contributed by atoms with Gasteiger partial charge in [0, 0.05) is 12.2 Å². The molecule has 1 aromatic rings. The monoisotopic (exact) mass is 279 g/mol. The molecule has 0 spiro atoms. The highest BCUT2D eigenvalue weighted by molar-refractivity contribution is 5.87. The first-order valence-electron chi connectivity index (χ1n) is 7.51. The van der Waals surface area contributed by atoms with E-state index in [1.54, 1.807) is 10.6 Å². The molecule has 0 radical (unpaired) electrons. The summed E-state index contributed by atoms with van der Waals surface area (Å²) in [5.41, 5.74) is 0.299. The quantitative estimate of drug-likeness (QED) is 0.702. The Bertz CT molecular complexity index is 491. The zero-order valence-electron chi connectivity index (χ0n) is 12.5. The summed E-state index contributed by atoms with van der Waals surface area (Å²) >= 11 is 0. The van der Waals surface area contributed by atoms with Crippen LogP contribution in [0.15, 0.2) is 16.9 Å². The van der Waals surface area contributed by atoms with Crippen LogP contribution in [0.3, 0.4) is 0 Å². The molecule has 0 bridgehead atoms. The Morgan fingerprint density at radius 1 is 1.10 bits per heavy atom. The molecule has 0 amide bonds. The molecule has 4 nitrogen and oxygen atoms in total. The van der Waals surface area contributed by atoms with E-state index in [1.807, 2.05) is 6.92 Å². The standard InChI is InChI=1S/C16H25NO3/c1-3-4-5-6-7-8-9-12-17-13(2)10-11-14(15(17)18)16(19)20/h10-11H,3-9,12H2,1-2H3,(H,19,20). The van der Waals surface area contributed by atoms with Crippen molar-refractivity contribution in [2.24, 2.45) is 0 Å². The average Bonchev–Trinajstić information content (AvgIpc) is 2.40. The minimum Gasteiger partial charge on any atom is -0.477 e. The van der Waals surface area contributed by atoms with Gasteiger partial charge in [0.15, 0.2) is 0 Å². The van der Waals surface area contributed by atoms with E-state index in [-0.39, 0.29) is 11.1 Å². The number of hydrogen-bond donors (Lipinski definition) is 1. The molecule has 0 fully saturated rings. The Kier molecular flexibility index (Phi) is 7.05. The van der Waals surface area contributed by atoms with E-state index < -0.39 is 5.97 Å². The van der Waals surface area contributed by atoms with Gasteiger partial charge < -0.3 is 9.67 Å². The van der Waals surface area contributed by atoms with Gasteiger partial charge in [0.1, 0.15) is 5.56 Å². The van der Waals surface area contributed by atoms with Gasteiger partial charge in [-0.2, -0.15) is 0 Å². The third-order valence-electron chi connectivity index (χ3n) is 3.61. The van der Waals surface area contributed by atoms with Crippen LogP contribution in [0, 0.1) is 6.92 Å². The van der Waals surface area contributed by atoms with E-state index in [0.29, 0.717) is 6.54 Å². The normalized spacial score (nSPS) is 10.7. The van der Waals surface area contributed by atoms with E-state index in [1.165, 1.54) is 38.2 Å². The molecule has 1 rings (SSSR count). The van der Waals surface area contributed by atoms with Gasteiger partial charge in [-0.15, -0.1) is 0 Å². The summed E-state index contributed by atoms with van der Waals surface area (Å²) in [5, 5.41) is 8.96. The van der Waals surface area contributed by atoms with Crippen molar-refractivity contribution in [3.05, 3.63) is 33.7 Å². The Morgan fingerprint density at radius 2 is 1.70 bits per heavy atom. The van der Waals surface area contributed by atoms with Crippen LogP contribution in [0.5, 0.6) is 0 Å².